The number of hydrogen-bond donors (Lipinski definition) is 0. The summed E-state index contributed by atoms with van der Waals surface area (Å²) < 4.78 is 4.65. The molecule has 0 N–H and O–H groups in total. The van der Waals surface area contributed by atoms with Gasteiger partial charge in [0.2, 0.25) is 0 Å². The highest BCUT2D eigenvalue weighted by atomic mass is 32.2. The summed E-state index contributed by atoms with van der Waals surface area (Å²) in [4.78, 5) is 34.1. The number of benzene rings is 2. The molecule has 0 aliphatic carbocycles. The van der Waals surface area contributed by atoms with E-state index in [1.165, 1.54) is 43.1 Å². The fourth-order valence-corrected chi connectivity index (χ4v) is 3.30. The number of carbonyl (C=O) groups is 2. The van der Waals surface area contributed by atoms with E-state index in [1.807, 2.05) is 30.3 Å². The van der Waals surface area contributed by atoms with Crippen LogP contribution in [-0.4, -0.2) is 29.5 Å². The van der Waals surface area contributed by atoms with Gasteiger partial charge >= 0.3 is 5.97 Å². The molecule has 0 saturated carbocycles. The number of esters is 1. The summed E-state index contributed by atoms with van der Waals surface area (Å²) >= 11 is 1.33. The first-order valence-corrected chi connectivity index (χ1v) is 8.57. The highest BCUT2D eigenvalue weighted by Gasteiger charge is 2.20. The van der Waals surface area contributed by atoms with Gasteiger partial charge in [-0.3, -0.25) is 19.7 Å². The van der Waals surface area contributed by atoms with Gasteiger partial charge in [0.05, 0.1) is 17.8 Å². The number of rotatable bonds is 8. The highest BCUT2D eigenvalue weighted by molar-refractivity contribution is 8.00. The van der Waals surface area contributed by atoms with E-state index in [1.54, 1.807) is 0 Å². The number of carbonyl (C=O) groups excluding carboxylic acids is 2. The van der Waals surface area contributed by atoms with Crippen molar-refractivity contribution in [2.45, 2.75) is 11.7 Å². The number of ketones is 1. The Morgan fingerprint density at radius 3 is 2.32 bits per heavy atom. The smallest absolute Gasteiger partial charge is 0.315 e. The lowest BCUT2D eigenvalue weighted by Gasteiger charge is -2.16. The maximum Gasteiger partial charge on any atom is 0.315 e. The van der Waals surface area contributed by atoms with Crippen LogP contribution in [0.1, 0.15) is 27.6 Å². The number of thioether (sulfide) groups is 1. The first-order chi connectivity index (χ1) is 12.0. The molecule has 130 valence electrons. The lowest BCUT2D eigenvalue weighted by molar-refractivity contribution is -0.384. The van der Waals surface area contributed by atoms with Gasteiger partial charge < -0.3 is 4.74 Å². The molecule has 2 aromatic rings. The van der Waals surface area contributed by atoms with E-state index >= 15 is 0 Å². The standard InChI is InChI=1S/C18H17NO5S/c1-24-18(21)12-25-17(14-5-3-2-4-6-14)11-16(20)13-7-9-15(10-8-13)19(22)23/h2-10,17H,11-12H2,1H3/t17-/m1/s1. The zero-order chi connectivity index (χ0) is 18.2. The lowest BCUT2D eigenvalue weighted by atomic mass is 10.0. The Labute approximate surface area is 149 Å². The second-order valence-corrected chi connectivity index (χ2v) is 6.41. The molecule has 0 aliphatic heterocycles. The van der Waals surface area contributed by atoms with Crippen LogP contribution in [0, 0.1) is 10.1 Å². The normalized spacial score (nSPS) is 11.6. The molecule has 0 unspecified atom stereocenters. The average molecular weight is 359 g/mol. The Morgan fingerprint density at radius 2 is 1.76 bits per heavy atom. The van der Waals surface area contributed by atoms with E-state index in [2.05, 4.69) is 4.74 Å². The van der Waals surface area contributed by atoms with Gasteiger partial charge in [0.1, 0.15) is 0 Å². The maximum absolute atomic E-state index is 12.5. The van der Waals surface area contributed by atoms with Gasteiger partial charge in [0.25, 0.3) is 5.69 Å². The van der Waals surface area contributed by atoms with Crippen LogP contribution >= 0.6 is 11.8 Å². The molecular formula is C18H17NO5S. The molecule has 1 atom stereocenters. The maximum atomic E-state index is 12.5. The summed E-state index contributed by atoms with van der Waals surface area (Å²) in [5.74, 6) is -0.348. The summed E-state index contributed by atoms with van der Waals surface area (Å²) in [7, 11) is 1.32. The van der Waals surface area contributed by atoms with Gasteiger partial charge in [-0.2, -0.15) is 0 Å². The zero-order valence-electron chi connectivity index (χ0n) is 13.6. The number of hydrogen-bond acceptors (Lipinski definition) is 6. The summed E-state index contributed by atoms with van der Waals surface area (Å²) in [6, 6.07) is 15.0. The minimum Gasteiger partial charge on any atom is -0.468 e. The van der Waals surface area contributed by atoms with Crippen molar-refractivity contribution >= 4 is 29.2 Å². The summed E-state index contributed by atoms with van der Waals surface area (Å²) in [5.41, 5.74) is 1.29. The summed E-state index contributed by atoms with van der Waals surface area (Å²) in [6.07, 6.45) is 0.184. The molecule has 6 nitrogen and oxygen atoms in total. The second kappa shape index (κ2) is 8.98. The zero-order valence-corrected chi connectivity index (χ0v) is 14.4. The molecule has 0 spiro atoms. The van der Waals surface area contributed by atoms with Crippen molar-refractivity contribution in [3.05, 3.63) is 75.8 Å². The van der Waals surface area contributed by atoms with Crippen LogP contribution in [0.4, 0.5) is 5.69 Å². The number of nitro benzene ring substituents is 1. The first kappa shape index (κ1) is 18.7. The molecule has 0 aromatic heterocycles. The highest BCUT2D eigenvalue weighted by Crippen LogP contribution is 2.33. The molecule has 2 aromatic carbocycles. The van der Waals surface area contributed by atoms with Crippen LogP contribution in [0.5, 0.6) is 0 Å². The van der Waals surface area contributed by atoms with E-state index in [0.717, 1.165) is 5.56 Å². The van der Waals surface area contributed by atoms with Crippen molar-refractivity contribution in [2.75, 3.05) is 12.9 Å². The van der Waals surface area contributed by atoms with E-state index in [9.17, 15) is 19.7 Å². The average Bonchev–Trinajstić information content (AvgIpc) is 2.65. The van der Waals surface area contributed by atoms with E-state index in [-0.39, 0.29) is 34.9 Å². The molecule has 0 bridgehead atoms. The quantitative estimate of drug-likeness (QED) is 0.308. The third-order valence-electron chi connectivity index (χ3n) is 3.57. The molecule has 0 heterocycles. The third-order valence-corrected chi connectivity index (χ3v) is 4.82. The monoisotopic (exact) mass is 359 g/mol. The van der Waals surface area contributed by atoms with Crippen molar-refractivity contribution in [1.29, 1.82) is 0 Å². The molecular weight excluding hydrogens is 342 g/mol. The molecule has 0 radical (unpaired) electrons. The van der Waals surface area contributed by atoms with Gasteiger partial charge in [-0.05, 0) is 17.7 Å². The van der Waals surface area contributed by atoms with Crippen LogP contribution in [0.15, 0.2) is 54.6 Å². The number of nitro groups is 1. The van der Waals surface area contributed by atoms with Gasteiger partial charge in [-0.25, -0.2) is 0 Å². The summed E-state index contributed by atoms with van der Waals surface area (Å²) in [6.45, 7) is 0. The van der Waals surface area contributed by atoms with E-state index < -0.39 is 4.92 Å². The SMILES string of the molecule is COC(=O)CS[C@H](CC(=O)c1ccc([N+](=O)[O-])cc1)c1ccccc1. The van der Waals surface area contributed by atoms with Crippen molar-refractivity contribution in [3.63, 3.8) is 0 Å². The van der Waals surface area contributed by atoms with Crippen LogP contribution < -0.4 is 0 Å². The van der Waals surface area contributed by atoms with Crippen molar-refractivity contribution in [2.24, 2.45) is 0 Å². The lowest BCUT2D eigenvalue weighted by Crippen LogP contribution is -2.10. The number of ether oxygens (including phenoxy) is 1. The molecule has 0 saturated heterocycles. The molecule has 25 heavy (non-hydrogen) atoms. The van der Waals surface area contributed by atoms with Gasteiger partial charge in [0, 0.05) is 29.4 Å². The Morgan fingerprint density at radius 1 is 1.12 bits per heavy atom. The number of methoxy groups -OCH3 is 1. The van der Waals surface area contributed by atoms with Crippen LogP contribution in [-0.2, 0) is 9.53 Å². The number of non-ortho nitro benzene ring substituents is 1. The topological polar surface area (TPSA) is 86.5 Å². The first-order valence-electron chi connectivity index (χ1n) is 7.52. The van der Waals surface area contributed by atoms with Gasteiger partial charge in [0.15, 0.2) is 5.78 Å². The Kier molecular flexibility index (Phi) is 6.71. The van der Waals surface area contributed by atoms with Crippen LogP contribution in [0.3, 0.4) is 0 Å². The molecule has 2 rings (SSSR count). The molecule has 0 amide bonds. The molecule has 0 aliphatic rings. The minimum atomic E-state index is -0.507. The molecule has 7 heteroatoms. The van der Waals surface area contributed by atoms with Gasteiger partial charge in [-0.1, -0.05) is 30.3 Å². The van der Waals surface area contributed by atoms with E-state index in [4.69, 9.17) is 0 Å². The Bertz CT molecular complexity index is 746. The Hall–Kier alpha value is -2.67. The minimum absolute atomic E-state index is 0.0591. The van der Waals surface area contributed by atoms with Gasteiger partial charge in [-0.15, -0.1) is 11.8 Å². The Balaban J connectivity index is 2.13. The van der Waals surface area contributed by atoms with Crippen molar-refractivity contribution < 1.29 is 19.2 Å². The summed E-state index contributed by atoms with van der Waals surface area (Å²) in [5, 5.41) is 10.5. The van der Waals surface area contributed by atoms with Crippen LogP contribution in [0.2, 0.25) is 0 Å². The fourth-order valence-electron chi connectivity index (χ4n) is 2.22. The molecule has 0 fully saturated rings. The predicted molar refractivity (Wildman–Crippen MR) is 95.7 cm³/mol. The fraction of sp³-hybridized carbons (Fsp3) is 0.222. The van der Waals surface area contributed by atoms with Crippen molar-refractivity contribution in [3.8, 4) is 0 Å². The second-order valence-electron chi connectivity index (χ2n) is 5.22. The number of Topliss-reactive ketones (excluding diaryl/α,β-unsaturated/α-hetero) is 1. The number of nitrogens with zero attached hydrogens (tertiary/aromatic N) is 1. The predicted octanol–water partition coefficient (Wildman–Crippen LogP) is 3.82. The van der Waals surface area contributed by atoms with Crippen LogP contribution in [0.25, 0.3) is 0 Å². The largest absolute Gasteiger partial charge is 0.468 e. The van der Waals surface area contributed by atoms with Crippen molar-refractivity contribution in [1.82, 2.24) is 0 Å². The third kappa shape index (κ3) is 5.42. The van der Waals surface area contributed by atoms with E-state index in [0.29, 0.717) is 5.56 Å².